The summed E-state index contributed by atoms with van der Waals surface area (Å²) in [7, 11) is 0. The summed E-state index contributed by atoms with van der Waals surface area (Å²) in [5.74, 6) is 0.278. The van der Waals surface area contributed by atoms with Crippen molar-refractivity contribution in [2.75, 3.05) is 19.7 Å². The molecule has 0 aliphatic heterocycles. The van der Waals surface area contributed by atoms with E-state index in [1.54, 1.807) is 0 Å². The van der Waals surface area contributed by atoms with Crippen molar-refractivity contribution in [1.82, 2.24) is 4.90 Å². The van der Waals surface area contributed by atoms with Gasteiger partial charge in [-0.2, -0.15) is 0 Å². The Balaban J connectivity index is 2.32. The lowest BCUT2D eigenvalue weighted by molar-refractivity contribution is -0.121. The van der Waals surface area contributed by atoms with Crippen molar-refractivity contribution in [3.63, 3.8) is 0 Å². The third kappa shape index (κ3) is 3.08. The zero-order valence-electron chi connectivity index (χ0n) is 8.33. The van der Waals surface area contributed by atoms with E-state index < -0.39 is 0 Å². The van der Waals surface area contributed by atoms with Crippen LogP contribution in [0.2, 0.25) is 0 Å². The average Bonchev–Trinajstić information content (AvgIpc) is 2.01. The maximum absolute atomic E-state index is 11.2. The first-order valence-electron chi connectivity index (χ1n) is 5.14. The van der Waals surface area contributed by atoms with Gasteiger partial charge in [-0.05, 0) is 12.8 Å². The number of ketones is 1. The number of hydrogen-bond acceptors (Lipinski definition) is 3. The van der Waals surface area contributed by atoms with Gasteiger partial charge < -0.3 is 5.11 Å². The van der Waals surface area contributed by atoms with Crippen molar-refractivity contribution >= 4 is 5.78 Å². The second kappa shape index (κ2) is 5.35. The number of carbonyl (C=O) groups is 1. The fraction of sp³-hybridized carbons (Fsp3) is 0.900. The van der Waals surface area contributed by atoms with Crippen LogP contribution in [-0.2, 0) is 4.79 Å². The topological polar surface area (TPSA) is 40.5 Å². The lowest BCUT2D eigenvalue weighted by atomic mass is 9.91. The largest absolute Gasteiger partial charge is 0.395 e. The standard InChI is InChI=1S/C10H19NO2/c1-2-10(13)8-11(6-7-12)9-4-3-5-9/h9,12H,2-8H2,1H3. The molecule has 1 fully saturated rings. The van der Waals surface area contributed by atoms with Crippen LogP contribution in [0.1, 0.15) is 32.6 Å². The van der Waals surface area contributed by atoms with E-state index in [-0.39, 0.29) is 12.4 Å². The minimum Gasteiger partial charge on any atom is -0.395 e. The minimum atomic E-state index is 0.160. The van der Waals surface area contributed by atoms with E-state index in [9.17, 15) is 4.79 Å². The predicted octanol–water partition coefficient (Wildman–Crippen LogP) is 0.812. The van der Waals surface area contributed by atoms with E-state index in [1.807, 2.05) is 6.92 Å². The highest BCUT2D eigenvalue weighted by Gasteiger charge is 2.25. The van der Waals surface area contributed by atoms with Gasteiger partial charge in [0.1, 0.15) is 5.78 Å². The maximum Gasteiger partial charge on any atom is 0.146 e. The summed E-state index contributed by atoms with van der Waals surface area (Å²) in [6, 6.07) is 0.558. The van der Waals surface area contributed by atoms with Crippen molar-refractivity contribution in [2.24, 2.45) is 0 Å². The number of carbonyl (C=O) groups excluding carboxylic acids is 1. The molecule has 0 aromatic rings. The lowest BCUT2D eigenvalue weighted by Gasteiger charge is -2.36. The van der Waals surface area contributed by atoms with E-state index >= 15 is 0 Å². The summed E-state index contributed by atoms with van der Waals surface area (Å²) in [5, 5.41) is 8.84. The number of rotatable bonds is 6. The molecule has 1 aliphatic rings. The number of aliphatic hydroxyl groups is 1. The first-order chi connectivity index (χ1) is 6.27. The van der Waals surface area contributed by atoms with Crippen LogP contribution in [0.4, 0.5) is 0 Å². The van der Waals surface area contributed by atoms with Crippen molar-refractivity contribution in [3.05, 3.63) is 0 Å². The van der Waals surface area contributed by atoms with E-state index in [0.717, 1.165) is 0 Å². The number of aliphatic hydroxyl groups excluding tert-OH is 1. The van der Waals surface area contributed by atoms with Gasteiger partial charge in [-0.15, -0.1) is 0 Å². The summed E-state index contributed by atoms with van der Waals surface area (Å²) >= 11 is 0. The Hall–Kier alpha value is -0.410. The molecular weight excluding hydrogens is 166 g/mol. The SMILES string of the molecule is CCC(=O)CN(CCO)C1CCC1. The molecule has 13 heavy (non-hydrogen) atoms. The van der Waals surface area contributed by atoms with Crippen LogP contribution in [0.5, 0.6) is 0 Å². The molecule has 1 aliphatic carbocycles. The van der Waals surface area contributed by atoms with Gasteiger partial charge in [0, 0.05) is 19.0 Å². The second-order valence-corrected chi connectivity index (χ2v) is 3.67. The monoisotopic (exact) mass is 185 g/mol. The zero-order valence-corrected chi connectivity index (χ0v) is 8.33. The fourth-order valence-corrected chi connectivity index (χ4v) is 1.61. The molecule has 1 N–H and O–H groups in total. The van der Waals surface area contributed by atoms with Crippen molar-refractivity contribution in [3.8, 4) is 0 Å². The highest BCUT2D eigenvalue weighted by atomic mass is 16.3. The summed E-state index contributed by atoms with van der Waals surface area (Å²) in [6.07, 6.45) is 4.26. The molecule has 3 nitrogen and oxygen atoms in total. The lowest BCUT2D eigenvalue weighted by Crippen LogP contribution is -2.44. The molecular formula is C10H19NO2. The highest BCUT2D eigenvalue weighted by molar-refractivity contribution is 5.80. The number of Topliss-reactive ketones (excluding diaryl/α,β-unsaturated/α-hetero) is 1. The molecule has 76 valence electrons. The van der Waals surface area contributed by atoms with Gasteiger partial charge in [-0.1, -0.05) is 13.3 Å². The average molecular weight is 185 g/mol. The van der Waals surface area contributed by atoms with Crippen LogP contribution in [0.25, 0.3) is 0 Å². The van der Waals surface area contributed by atoms with Gasteiger partial charge in [0.05, 0.1) is 13.2 Å². The third-order valence-corrected chi connectivity index (χ3v) is 2.75. The molecule has 0 bridgehead atoms. The van der Waals surface area contributed by atoms with Gasteiger partial charge in [0.25, 0.3) is 0 Å². The molecule has 0 aromatic heterocycles. The Bertz CT molecular complexity index is 166. The Morgan fingerprint density at radius 1 is 1.54 bits per heavy atom. The summed E-state index contributed by atoms with van der Waals surface area (Å²) in [4.78, 5) is 13.3. The highest BCUT2D eigenvalue weighted by Crippen LogP contribution is 2.24. The van der Waals surface area contributed by atoms with Gasteiger partial charge in [0.15, 0.2) is 0 Å². The van der Waals surface area contributed by atoms with Gasteiger partial charge in [0.2, 0.25) is 0 Å². The normalized spacial score (nSPS) is 17.5. The van der Waals surface area contributed by atoms with Crippen LogP contribution in [0.3, 0.4) is 0 Å². The zero-order chi connectivity index (χ0) is 9.68. The first-order valence-corrected chi connectivity index (χ1v) is 5.14. The van der Waals surface area contributed by atoms with Crippen molar-refractivity contribution < 1.29 is 9.90 Å². The van der Waals surface area contributed by atoms with E-state index in [2.05, 4.69) is 4.90 Å². The van der Waals surface area contributed by atoms with Crippen LogP contribution >= 0.6 is 0 Å². The van der Waals surface area contributed by atoms with E-state index in [1.165, 1.54) is 19.3 Å². The van der Waals surface area contributed by atoms with Crippen LogP contribution in [0, 0.1) is 0 Å². The molecule has 3 heteroatoms. The molecule has 0 radical (unpaired) electrons. The van der Waals surface area contributed by atoms with E-state index in [4.69, 9.17) is 5.11 Å². The summed E-state index contributed by atoms with van der Waals surface area (Å²) in [5.41, 5.74) is 0. The third-order valence-electron chi connectivity index (χ3n) is 2.75. The van der Waals surface area contributed by atoms with Crippen molar-refractivity contribution in [2.45, 2.75) is 38.6 Å². The molecule has 0 atom stereocenters. The molecule has 0 saturated heterocycles. The molecule has 1 rings (SSSR count). The Morgan fingerprint density at radius 3 is 2.62 bits per heavy atom. The predicted molar refractivity (Wildman–Crippen MR) is 51.6 cm³/mol. The fourth-order valence-electron chi connectivity index (χ4n) is 1.61. The Kier molecular flexibility index (Phi) is 4.39. The molecule has 1 saturated carbocycles. The summed E-state index contributed by atoms with van der Waals surface area (Å²) in [6.45, 7) is 3.23. The number of nitrogens with zero attached hydrogens (tertiary/aromatic N) is 1. The quantitative estimate of drug-likeness (QED) is 0.666. The second-order valence-electron chi connectivity index (χ2n) is 3.67. The van der Waals surface area contributed by atoms with E-state index in [0.29, 0.717) is 25.6 Å². The van der Waals surface area contributed by atoms with Gasteiger partial charge in [-0.3, -0.25) is 9.69 Å². The van der Waals surface area contributed by atoms with Crippen LogP contribution in [-0.4, -0.2) is 41.5 Å². The Morgan fingerprint density at radius 2 is 2.23 bits per heavy atom. The smallest absolute Gasteiger partial charge is 0.146 e. The van der Waals surface area contributed by atoms with Gasteiger partial charge in [-0.25, -0.2) is 0 Å². The van der Waals surface area contributed by atoms with Gasteiger partial charge >= 0.3 is 0 Å². The Labute approximate surface area is 79.7 Å². The van der Waals surface area contributed by atoms with Crippen LogP contribution in [0.15, 0.2) is 0 Å². The van der Waals surface area contributed by atoms with Crippen molar-refractivity contribution in [1.29, 1.82) is 0 Å². The number of hydrogen-bond donors (Lipinski definition) is 1. The molecule has 0 unspecified atom stereocenters. The maximum atomic E-state index is 11.2. The molecule has 0 spiro atoms. The molecule has 0 aromatic carbocycles. The summed E-state index contributed by atoms with van der Waals surface area (Å²) < 4.78 is 0. The minimum absolute atomic E-state index is 0.160. The first kappa shape index (κ1) is 10.7. The molecule has 0 heterocycles. The van der Waals surface area contributed by atoms with Crippen LogP contribution < -0.4 is 0 Å². The molecule has 0 amide bonds.